The van der Waals surface area contributed by atoms with Gasteiger partial charge in [-0.2, -0.15) is 10.2 Å². The number of carbonyl (C=O) groups is 1. The van der Waals surface area contributed by atoms with E-state index >= 15 is 0 Å². The van der Waals surface area contributed by atoms with E-state index in [9.17, 15) is 9.90 Å². The minimum Gasteiger partial charge on any atom is -0.448 e. The van der Waals surface area contributed by atoms with E-state index in [0.29, 0.717) is 43.9 Å². The lowest BCUT2D eigenvalue weighted by atomic mass is 10.0. The largest absolute Gasteiger partial charge is 0.448 e. The summed E-state index contributed by atoms with van der Waals surface area (Å²) in [6.07, 6.45) is 6.12. The van der Waals surface area contributed by atoms with E-state index in [0.717, 1.165) is 27.7 Å². The molecule has 11 nitrogen and oxygen atoms in total. The zero-order valence-electron chi connectivity index (χ0n) is 22.2. The zero-order chi connectivity index (χ0) is 27.5. The normalized spacial score (nSPS) is 17.2. The lowest BCUT2D eigenvalue weighted by Crippen LogP contribution is -2.43. The van der Waals surface area contributed by atoms with Crippen LogP contribution in [0, 0.1) is 0 Å². The fraction of sp³-hybridized carbons (Fsp3) is 0.310. The number of aromatic nitrogens is 5. The van der Waals surface area contributed by atoms with Crippen molar-refractivity contribution in [2.24, 2.45) is 0 Å². The third-order valence-corrected chi connectivity index (χ3v) is 7.23. The number of ether oxygens (including phenoxy) is 1. The van der Waals surface area contributed by atoms with E-state index in [2.05, 4.69) is 43.3 Å². The number of nitrogens with one attached hydrogen (secondary N) is 3. The number of hydrogen-bond donors (Lipinski definition) is 4. The Hall–Kier alpha value is -4.48. The molecule has 1 amide bonds. The monoisotopic (exact) mass is 540 g/mol. The summed E-state index contributed by atoms with van der Waals surface area (Å²) in [5, 5.41) is 29.4. The smallest absolute Gasteiger partial charge is 0.411 e. The van der Waals surface area contributed by atoms with Crippen molar-refractivity contribution in [3.63, 3.8) is 0 Å². The van der Waals surface area contributed by atoms with E-state index in [1.54, 1.807) is 10.7 Å². The Morgan fingerprint density at radius 1 is 1.20 bits per heavy atom. The first kappa shape index (κ1) is 25.8. The van der Waals surface area contributed by atoms with Crippen molar-refractivity contribution in [2.45, 2.75) is 44.9 Å². The van der Waals surface area contributed by atoms with Crippen LogP contribution in [0.15, 0.2) is 67.3 Å². The van der Waals surface area contributed by atoms with Gasteiger partial charge in [0.2, 0.25) is 0 Å². The van der Waals surface area contributed by atoms with Gasteiger partial charge in [-0.1, -0.05) is 37.3 Å². The average molecular weight is 541 g/mol. The van der Waals surface area contributed by atoms with Gasteiger partial charge in [0.1, 0.15) is 18.5 Å². The molecule has 40 heavy (non-hydrogen) atoms. The Labute approximate surface area is 231 Å². The first-order chi connectivity index (χ1) is 19.6. The number of rotatable bonds is 8. The fourth-order valence-electron chi connectivity index (χ4n) is 5.25. The van der Waals surface area contributed by atoms with Crippen LogP contribution in [-0.2, 0) is 17.7 Å². The summed E-state index contributed by atoms with van der Waals surface area (Å²) in [5.74, 6) is 0.629. The summed E-state index contributed by atoms with van der Waals surface area (Å²) in [7, 11) is 0. The first-order valence-electron chi connectivity index (χ1n) is 13.5. The van der Waals surface area contributed by atoms with Crippen molar-refractivity contribution in [1.82, 2.24) is 29.7 Å². The summed E-state index contributed by atoms with van der Waals surface area (Å²) in [6, 6.07) is 16.3. The number of amides is 1. The van der Waals surface area contributed by atoms with Crippen molar-refractivity contribution >= 4 is 39.7 Å². The summed E-state index contributed by atoms with van der Waals surface area (Å²) < 4.78 is 9.14. The van der Waals surface area contributed by atoms with Crippen molar-refractivity contribution < 1.29 is 14.6 Å². The molecule has 6 rings (SSSR count). The van der Waals surface area contributed by atoms with Gasteiger partial charge >= 0.3 is 6.09 Å². The van der Waals surface area contributed by atoms with Gasteiger partial charge in [-0.15, -0.1) is 0 Å². The van der Waals surface area contributed by atoms with Gasteiger partial charge in [-0.3, -0.25) is 10.00 Å². The van der Waals surface area contributed by atoms with Crippen LogP contribution in [0.4, 0.5) is 22.0 Å². The topological polar surface area (TPSA) is 131 Å². The molecule has 0 unspecified atom stereocenters. The van der Waals surface area contributed by atoms with E-state index < -0.39 is 6.09 Å². The number of carbonyl (C=O) groups excluding carboxylic acids is 1. The molecular formula is C29H32N8O3. The molecule has 206 valence electrons. The predicted molar refractivity (Wildman–Crippen MR) is 153 cm³/mol. The van der Waals surface area contributed by atoms with Crippen LogP contribution in [0.25, 0.3) is 16.4 Å². The highest BCUT2D eigenvalue weighted by atomic mass is 16.5. The molecule has 1 aliphatic heterocycles. The quantitative estimate of drug-likeness (QED) is 0.232. The van der Waals surface area contributed by atoms with Crippen LogP contribution in [-0.4, -0.2) is 60.9 Å². The number of aliphatic hydroxyl groups excluding tert-OH is 1. The van der Waals surface area contributed by atoms with Crippen LogP contribution in [0.5, 0.6) is 0 Å². The molecule has 0 radical (unpaired) electrons. The molecule has 1 aliphatic rings. The number of aryl methyl sites for hydroxylation is 1. The Morgan fingerprint density at radius 3 is 2.90 bits per heavy atom. The maximum atomic E-state index is 12.6. The molecule has 3 aromatic heterocycles. The Balaban J connectivity index is 1.19. The molecular weight excluding hydrogens is 508 g/mol. The van der Waals surface area contributed by atoms with Crippen LogP contribution < -0.4 is 16.0 Å². The molecule has 1 fully saturated rings. The van der Waals surface area contributed by atoms with Gasteiger partial charge in [-0.25, -0.2) is 14.3 Å². The second kappa shape index (κ2) is 11.3. The molecule has 2 aromatic carbocycles. The highest BCUT2D eigenvalue weighted by Crippen LogP contribution is 2.30. The van der Waals surface area contributed by atoms with Gasteiger partial charge in [0.25, 0.3) is 0 Å². The molecule has 5 aromatic rings. The fourth-order valence-corrected chi connectivity index (χ4v) is 5.25. The molecule has 2 atom stereocenters. The highest BCUT2D eigenvalue weighted by Gasteiger charge is 2.22. The number of hydrogen-bond acceptors (Lipinski definition) is 8. The van der Waals surface area contributed by atoms with E-state index in [1.165, 1.54) is 11.9 Å². The molecule has 0 bridgehead atoms. The molecule has 4 heterocycles. The van der Waals surface area contributed by atoms with E-state index in [-0.39, 0.29) is 18.8 Å². The van der Waals surface area contributed by atoms with Crippen LogP contribution in [0.1, 0.15) is 30.9 Å². The summed E-state index contributed by atoms with van der Waals surface area (Å²) in [4.78, 5) is 17.1. The average Bonchev–Trinajstić information content (AvgIpc) is 3.53. The second-order valence-corrected chi connectivity index (χ2v) is 10.0. The number of nitrogens with zero attached hydrogens (tertiary/aromatic N) is 5. The maximum Gasteiger partial charge on any atom is 0.411 e. The molecule has 4 N–H and O–H groups in total. The number of anilines is 3. The van der Waals surface area contributed by atoms with Crippen LogP contribution >= 0.6 is 0 Å². The van der Waals surface area contributed by atoms with Crippen LogP contribution in [0.2, 0.25) is 0 Å². The van der Waals surface area contributed by atoms with Crippen molar-refractivity contribution in [3.8, 4) is 0 Å². The standard InChI is InChI=1S/C29H32N8O3/c1-2-24-25(35-29(39)40-17-22-13-23(38)10-11-30-22)16-37-27(24)28(31-18-33-37)34-21-8-9-26-20(12-21)14-32-36(26)15-19-6-4-3-5-7-19/h3-9,12,14,16,18,22-23,30,38H,2,10-11,13,15,17H2,1H3,(H,35,39)(H,31,33,34)/t22-,23-/m1/s1. The molecule has 0 aliphatic carbocycles. The van der Waals surface area contributed by atoms with Crippen LogP contribution in [0.3, 0.4) is 0 Å². The Kier molecular flexibility index (Phi) is 7.30. The SMILES string of the molecule is CCc1c(NC(=O)OC[C@H]2C[C@H](O)CCN2)cn2ncnc(Nc3ccc4c(cnn4Cc4ccccc4)c3)c12. The molecule has 0 saturated carbocycles. The Bertz CT molecular complexity index is 1630. The van der Waals surface area contributed by atoms with Crippen molar-refractivity contribution in [2.75, 3.05) is 23.8 Å². The highest BCUT2D eigenvalue weighted by molar-refractivity contribution is 5.91. The molecule has 0 spiro atoms. The maximum absolute atomic E-state index is 12.6. The number of aliphatic hydroxyl groups is 1. The minimum atomic E-state index is -0.548. The van der Waals surface area contributed by atoms with Gasteiger partial charge in [0.05, 0.1) is 36.2 Å². The van der Waals surface area contributed by atoms with Crippen molar-refractivity contribution in [3.05, 3.63) is 78.4 Å². The lowest BCUT2D eigenvalue weighted by molar-refractivity contribution is 0.0857. The Morgan fingerprint density at radius 2 is 2.08 bits per heavy atom. The minimum absolute atomic E-state index is 0.0577. The molecule has 1 saturated heterocycles. The first-order valence-corrected chi connectivity index (χ1v) is 13.5. The number of fused-ring (bicyclic) bond motifs is 2. The third kappa shape index (κ3) is 5.47. The van der Waals surface area contributed by atoms with Gasteiger partial charge < -0.3 is 20.5 Å². The number of piperidine rings is 1. The molecule has 11 heteroatoms. The van der Waals surface area contributed by atoms with Crippen molar-refractivity contribution in [1.29, 1.82) is 0 Å². The van der Waals surface area contributed by atoms with Gasteiger partial charge in [-0.05, 0) is 49.6 Å². The predicted octanol–water partition coefficient (Wildman–Crippen LogP) is 4.09. The summed E-state index contributed by atoms with van der Waals surface area (Å²) in [5.41, 5.74) is 5.38. The third-order valence-electron chi connectivity index (χ3n) is 7.23. The zero-order valence-corrected chi connectivity index (χ0v) is 22.2. The van der Waals surface area contributed by atoms with E-state index in [4.69, 9.17) is 4.74 Å². The lowest BCUT2D eigenvalue weighted by Gasteiger charge is -2.26. The van der Waals surface area contributed by atoms with Gasteiger partial charge in [0, 0.05) is 22.7 Å². The van der Waals surface area contributed by atoms with Gasteiger partial charge in [0.15, 0.2) is 5.82 Å². The summed E-state index contributed by atoms with van der Waals surface area (Å²) >= 11 is 0. The number of benzene rings is 2. The summed E-state index contributed by atoms with van der Waals surface area (Å²) in [6.45, 7) is 3.61. The second-order valence-electron chi connectivity index (χ2n) is 10.0. The van der Waals surface area contributed by atoms with E-state index in [1.807, 2.05) is 54.2 Å².